The van der Waals surface area contributed by atoms with Gasteiger partial charge < -0.3 is 9.47 Å². The number of benzene rings is 1. The van der Waals surface area contributed by atoms with Gasteiger partial charge in [0.1, 0.15) is 0 Å². The van der Waals surface area contributed by atoms with E-state index in [1.54, 1.807) is 11.6 Å². The van der Waals surface area contributed by atoms with Gasteiger partial charge in [0.25, 0.3) is 10.0 Å². The quantitative estimate of drug-likeness (QED) is 0.814. The van der Waals surface area contributed by atoms with Crippen molar-refractivity contribution in [2.75, 3.05) is 24.5 Å². The van der Waals surface area contributed by atoms with Gasteiger partial charge in [0.05, 0.1) is 12.2 Å². The molecule has 8 heteroatoms. The van der Waals surface area contributed by atoms with Crippen molar-refractivity contribution in [1.82, 2.24) is 13.9 Å². The van der Waals surface area contributed by atoms with E-state index in [0.717, 1.165) is 12.1 Å². The van der Waals surface area contributed by atoms with Crippen LogP contribution in [0.2, 0.25) is 0 Å². The van der Waals surface area contributed by atoms with Crippen molar-refractivity contribution < 1.29 is 13.2 Å². The van der Waals surface area contributed by atoms with Gasteiger partial charge in [-0.1, -0.05) is 18.2 Å². The molecule has 3 heterocycles. The summed E-state index contributed by atoms with van der Waals surface area (Å²) in [6.07, 6.45) is 5.21. The molecule has 0 N–H and O–H groups in total. The number of piperidine rings is 1. The monoisotopic (exact) mass is 374 g/mol. The standard InChI is InChI=1S/C18H22N4O3S/c1-20-12-17(19-13-20)26(24,25)21-9-4-6-15(11-21)18(23)22-10-8-14-5-2-3-7-16(14)22/h2-3,5,7,12-13,15H,4,6,8-11H2,1H3. The predicted molar refractivity (Wildman–Crippen MR) is 97.2 cm³/mol. The number of anilines is 1. The second-order valence-corrected chi connectivity index (χ2v) is 8.83. The Morgan fingerprint density at radius 1 is 1.23 bits per heavy atom. The van der Waals surface area contributed by atoms with Gasteiger partial charge in [0, 0.05) is 38.6 Å². The first kappa shape index (κ1) is 17.2. The van der Waals surface area contributed by atoms with E-state index in [-0.39, 0.29) is 23.4 Å². The highest BCUT2D eigenvalue weighted by atomic mass is 32.2. The average molecular weight is 374 g/mol. The number of aryl methyl sites for hydroxylation is 1. The van der Waals surface area contributed by atoms with Crippen LogP contribution in [-0.4, -0.2) is 47.8 Å². The molecule has 4 rings (SSSR count). The number of rotatable bonds is 3. The SMILES string of the molecule is Cn1cnc(S(=O)(=O)N2CCCC(C(=O)N3CCc4ccccc43)C2)c1. The van der Waals surface area contributed by atoms with E-state index >= 15 is 0 Å². The van der Waals surface area contributed by atoms with Crippen LogP contribution in [0.25, 0.3) is 0 Å². The minimum Gasteiger partial charge on any atom is -0.339 e. The van der Waals surface area contributed by atoms with E-state index in [4.69, 9.17) is 0 Å². The first-order chi connectivity index (χ1) is 12.5. The Balaban J connectivity index is 1.53. The fourth-order valence-corrected chi connectivity index (χ4v) is 5.29. The normalized spacial score (nSPS) is 21.0. The van der Waals surface area contributed by atoms with Crippen LogP contribution in [0.5, 0.6) is 0 Å². The van der Waals surface area contributed by atoms with Gasteiger partial charge in [0.15, 0.2) is 5.03 Å². The third-order valence-electron chi connectivity index (χ3n) is 5.17. The fraction of sp³-hybridized carbons (Fsp3) is 0.444. The number of carbonyl (C=O) groups excluding carboxylic acids is 1. The molecule has 1 unspecified atom stereocenters. The summed E-state index contributed by atoms with van der Waals surface area (Å²) >= 11 is 0. The number of carbonyl (C=O) groups is 1. The molecule has 2 aliphatic heterocycles. The van der Waals surface area contributed by atoms with E-state index in [0.29, 0.717) is 25.9 Å². The number of aromatic nitrogens is 2. The molecule has 7 nitrogen and oxygen atoms in total. The van der Waals surface area contributed by atoms with Crippen LogP contribution in [0, 0.1) is 5.92 Å². The molecular weight excluding hydrogens is 352 g/mol. The summed E-state index contributed by atoms with van der Waals surface area (Å²) in [4.78, 5) is 18.9. The van der Waals surface area contributed by atoms with E-state index in [2.05, 4.69) is 4.98 Å². The first-order valence-electron chi connectivity index (χ1n) is 8.84. The number of para-hydroxylation sites is 1. The Bertz CT molecular complexity index is 937. The number of imidazole rings is 1. The number of nitrogens with zero attached hydrogens (tertiary/aromatic N) is 4. The van der Waals surface area contributed by atoms with Gasteiger partial charge in [-0.2, -0.15) is 4.31 Å². The lowest BCUT2D eigenvalue weighted by Gasteiger charge is -2.32. The van der Waals surface area contributed by atoms with E-state index < -0.39 is 10.0 Å². The van der Waals surface area contributed by atoms with E-state index in [1.165, 1.54) is 22.4 Å². The maximum Gasteiger partial charge on any atom is 0.262 e. The van der Waals surface area contributed by atoms with Crippen LogP contribution in [0.1, 0.15) is 18.4 Å². The molecule has 26 heavy (non-hydrogen) atoms. The third-order valence-corrected chi connectivity index (χ3v) is 6.92. The maximum absolute atomic E-state index is 13.1. The Kier molecular flexibility index (Phi) is 4.32. The summed E-state index contributed by atoms with van der Waals surface area (Å²) in [5.41, 5.74) is 2.14. The van der Waals surface area contributed by atoms with Crippen LogP contribution in [0.4, 0.5) is 5.69 Å². The van der Waals surface area contributed by atoms with Crippen molar-refractivity contribution in [2.24, 2.45) is 13.0 Å². The van der Waals surface area contributed by atoms with Gasteiger partial charge in [0.2, 0.25) is 5.91 Å². The Morgan fingerprint density at radius 3 is 2.81 bits per heavy atom. The molecular formula is C18H22N4O3S. The Labute approximate surface area is 153 Å². The molecule has 1 aromatic carbocycles. The van der Waals surface area contributed by atoms with Crippen LogP contribution in [-0.2, 0) is 28.3 Å². The molecule has 0 saturated carbocycles. The van der Waals surface area contributed by atoms with Crippen molar-refractivity contribution in [3.05, 3.63) is 42.4 Å². The highest BCUT2D eigenvalue weighted by Crippen LogP contribution is 2.31. The zero-order chi connectivity index (χ0) is 18.3. The zero-order valence-electron chi connectivity index (χ0n) is 14.7. The largest absolute Gasteiger partial charge is 0.339 e. The topological polar surface area (TPSA) is 75.5 Å². The van der Waals surface area contributed by atoms with Crippen LogP contribution in [0.3, 0.4) is 0 Å². The Morgan fingerprint density at radius 2 is 2.04 bits per heavy atom. The molecule has 2 aromatic rings. The lowest BCUT2D eigenvalue weighted by Crippen LogP contribution is -2.46. The lowest BCUT2D eigenvalue weighted by atomic mass is 9.98. The molecule has 2 aliphatic rings. The van der Waals surface area contributed by atoms with E-state index in [1.807, 2.05) is 29.2 Å². The highest BCUT2D eigenvalue weighted by Gasteiger charge is 2.37. The van der Waals surface area contributed by atoms with Crippen molar-refractivity contribution >= 4 is 21.6 Å². The molecule has 1 aromatic heterocycles. The van der Waals surface area contributed by atoms with Gasteiger partial charge >= 0.3 is 0 Å². The van der Waals surface area contributed by atoms with Gasteiger partial charge in [-0.3, -0.25) is 4.79 Å². The fourth-order valence-electron chi connectivity index (χ4n) is 3.80. The Hall–Kier alpha value is -2.19. The molecule has 1 atom stereocenters. The average Bonchev–Trinajstić information content (AvgIpc) is 3.28. The number of hydrogen-bond donors (Lipinski definition) is 0. The lowest BCUT2D eigenvalue weighted by molar-refractivity contribution is -0.123. The maximum atomic E-state index is 13.1. The minimum absolute atomic E-state index is 0.0240. The van der Waals surface area contributed by atoms with Gasteiger partial charge in [-0.25, -0.2) is 13.4 Å². The molecule has 1 amide bonds. The van der Waals surface area contributed by atoms with Crippen LogP contribution in [0.15, 0.2) is 41.8 Å². The number of sulfonamides is 1. The highest BCUT2D eigenvalue weighted by molar-refractivity contribution is 7.89. The summed E-state index contributed by atoms with van der Waals surface area (Å²) in [5, 5.41) is 0.0413. The molecule has 0 spiro atoms. The summed E-state index contributed by atoms with van der Waals surface area (Å²) in [7, 11) is -1.93. The summed E-state index contributed by atoms with van der Waals surface area (Å²) in [5.74, 6) is -0.288. The van der Waals surface area contributed by atoms with Crippen molar-refractivity contribution in [3.8, 4) is 0 Å². The zero-order valence-corrected chi connectivity index (χ0v) is 15.5. The number of amides is 1. The van der Waals surface area contributed by atoms with Gasteiger partial charge in [-0.05, 0) is 30.9 Å². The van der Waals surface area contributed by atoms with Crippen molar-refractivity contribution in [3.63, 3.8) is 0 Å². The van der Waals surface area contributed by atoms with Crippen LogP contribution < -0.4 is 4.90 Å². The second kappa shape index (κ2) is 6.51. The molecule has 1 saturated heterocycles. The third kappa shape index (κ3) is 2.93. The second-order valence-electron chi connectivity index (χ2n) is 6.95. The summed E-state index contributed by atoms with van der Waals surface area (Å²) < 4.78 is 28.6. The molecule has 0 aliphatic carbocycles. The molecule has 0 bridgehead atoms. The minimum atomic E-state index is -3.66. The van der Waals surface area contributed by atoms with Crippen molar-refractivity contribution in [1.29, 1.82) is 0 Å². The molecule has 0 radical (unpaired) electrons. The number of hydrogen-bond acceptors (Lipinski definition) is 4. The molecule has 138 valence electrons. The summed E-state index contributed by atoms with van der Waals surface area (Å²) in [6.45, 7) is 1.32. The number of fused-ring (bicyclic) bond motifs is 1. The summed E-state index contributed by atoms with van der Waals surface area (Å²) in [6, 6.07) is 7.92. The van der Waals surface area contributed by atoms with E-state index in [9.17, 15) is 13.2 Å². The molecule has 1 fully saturated rings. The smallest absolute Gasteiger partial charge is 0.262 e. The first-order valence-corrected chi connectivity index (χ1v) is 10.3. The predicted octanol–water partition coefficient (Wildman–Crippen LogP) is 1.41. The van der Waals surface area contributed by atoms with Gasteiger partial charge in [-0.15, -0.1) is 0 Å². The van der Waals surface area contributed by atoms with Crippen LogP contribution >= 0.6 is 0 Å². The van der Waals surface area contributed by atoms with Crippen molar-refractivity contribution in [2.45, 2.75) is 24.3 Å².